The molecule has 3 N–H and O–H groups in total. The van der Waals surface area contributed by atoms with E-state index in [2.05, 4.69) is 65.8 Å². The third-order valence-corrected chi connectivity index (χ3v) is 6.84. The van der Waals surface area contributed by atoms with Crippen LogP contribution in [0.15, 0.2) is 60.7 Å². The van der Waals surface area contributed by atoms with Crippen LogP contribution in [0, 0.1) is 0 Å². The smallest absolute Gasteiger partial charge is 0.234 e. The second kappa shape index (κ2) is 10.5. The maximum atomic E-state index is 11.7. The molecule has 5 rings (SSSR count). The highest BCUT2D eigenvalue weighted by molar-refractivity contribution is 5.78. The van der Waals surface area contributed by atoms with Gasteiger partial charge in [0.25, 0.3) is 0 Å². The molecule has 3 aliphatic carbocycles. The van der Waals surface area contributed by atoms with Crippen molar-refractivity contribution in [1.29, 1.82) is 0 Å². The highest BCUT2D eigenvalue weighted by Gasteiger charge is 2.42. The number of nitrogens with zero attached hydrogens (tertiary/aromatic N) is 2. The molecule has 0 aliphatic heterocycles. The molecule has 0 bridgehead atoms. The Labute approximate surface area is 197 Å². The Morgan fingerprint density at radius 1 is 0.818 bits per heavy atom. The van der Waals surface area contributed by atoms with E-state index in [1.54, 1.807) is 0 Å². The summed E-state index contributed by atoms with van der Waals surface area (Å²) >= 11 is 0. The van der Waals surface area contributed by atoms with E-state index < -0.39 is 0 Å². The first-order chi connectivity index (χ1) is 15.9. The van der Waals surface area contributed by atoms with Gasteiger partial charge in [-0.2, -0.15) is 0 Å². The van der Waals surface area contributed by atoms with E-state index in [4.69, 9.17) is 5.73 Å². The van der Waals surface area contributed by atoms with Crippen LogP contribution in [0.25, 0.3) is 0 Å². The van der Waals surface area contributed by atoms with Gasteiger partial charge < -0.3 is 11.1 Å². The van der Waals surface area contributed by atoms with Crippen LogP contribution in [-0.2, 0) is 9.59 Å². The van der Waals surface area contributed by atoms with Crippen molar-refractivity contribution in [3.05, 3.63) is 71.8 Å². The fourth-order valence-corrected chi connectivity index (χ4v) is 4.66. The fraction of sp³-hybridized carbons (Fsp3) is 0.481. The molecule has 3 saturated carbocycles. The summed E-state index contributed by atoms with van der Waals surface area (Å²) < 4.78 is 0. The Kier molecular flexibility index (Phi) is 7.46. The number of hydrogen-bond donors (Lipinski definition) is 2. The van der Waals surface area contributed by atoms with Gasteiger partial charge in [0.1, 0.15) is 0 Å². The number of amides is 2. The Balaban J connectivity index is 0.000000160. The monoisotopic (exact) mass is 448 g/mol. The summed E-state index contributed by atoms with van der Waals surface area (Å²) in [6.45, 7) is 0.887. The Morgan fingerprint density at radius 2 is 1.27 bits per heavy atom. The molecule has 3 fully saturated rings. The normalized spacial score (nSPS) is 25.2. The molecular weight excluding hydrogens is 412 g/mol. The SMILES string of the molecule is CN(CC(=O)NC1CC1)C1CC1c1ccccc1.CN(CC(N)=O)C1CC1c1ccccc1. The van der Waals surface area contributed by atoms with Crippen LogP contribution >= 0.6 is 0 Å². The van der Waals surface area contributed by atoms with Gasteiger partial charge in [0, 0.05) is 30.0 Å². The summed E-state index contributed by atoms with van der Waals surface area (Å²) in [5.41, 5.74) is 7.92. The van der Waals surface area contributed by atoms with Gasteiger partial charge in [-0.05, 0) is 50.9 Å². The van der Waals surface area contributed by atoms with Crippen molar-refractivity contribution in [3.63, 3.8) is 0 Å². The lowest BCUT2D eigenvalue weighted by Gasteiger charge is -2.16. The second-order valence-electron chi connectivity index (χ2n) is 9.78. The lowest BCUT2D eigenvalue weighted by Crippen LogP contribution is -2.37. The molecule has 0 heterocycles. The highest BCUT2D eigenvalue weighted by atomic mass is 16.2. The number of hydrogen-bond acceptors (Lipinski definition) is 4. The van der Waals surface area contributed by atoms with Gasteiger partial charge in [0.2, 0.25) is 11.8 Å². The van der Waals surface area contributed by atoms with E-state index >= 15 is 0 Å². The highest BCUT2D eigenvalue weighted by Crippen LogP contribution is 2.44. The largest absolute Gasteiger partial charge is 0.369 e. The molecule has 2 aromatic carbocycles. The number of carbonyl (C=O) groups is 2. The first-order valence-electron chi connectivity index (χ1n) is 12.0. The molecule has 0 saturated heterocycles. The average Bonchev–Trinajstić information content (AvgIpc) is 3.67. The maximum Gasteiger partial charge on any atom is 0.234 e. The molecular formula is C27H36N4O2. The van der Waals surface area contributed by atoms with Crippen LogP contribution < -0.4 is 11.1 Å². The van der Waals surface area contributed by atoms with Gasteiger partial charge in [0.05, 0.1) is 13.1 Å². The van der Waals surface area contributed by atoms with Gasteiger partial charge in [-0.25, -0.2) is 0 Å². The third kappa shape index (κ3) is 6.89. The molecule has 3 aliphatic rings. The zero-order valence-electron chi connectivity index (χ0n) is 19.7. The van der Waals surface area contributed by atoms with E-state index in [9.17, 15) is 9.59 Å². The molecule has 6 heteroatoms. The van der Waals surface area contributed by atoms with Crippen molar-refractivity contribution < 1.29 is 9.59 Å². The lowest BCUT2D eigenvalue weighted by molar-refractivity contribution is -0.122. The number of likely N-dealkylation sites (N-methyl/N-ethyl adjacent to an activating group) is 2. The van der Waals surface area contributed by atoms with Crippen LogP contribution in [0.4, 0.5) is 0 Å². The second-order valence-corrected chi connectivity index (χ2v) is 9.78. The Morgan fingerprint density at radius 3 is 1.70 bits per heavy atom. The van der Waals surface area contributed by atoms with Gasteiger partial charge in [-0.1, -0.05) is 60.7 Å². The summed E-state index contributed by atoms with van der Waals surface area (Å²) in [6, 6.07) is 22.5. The van der Waals surface area contributed by atoms with E-state index in [0.29, 0.717) is 43.1 Å². The molecule has 33 heavy (non-hydrogen) atoms. The Hall–Kier alpha value is -2.70. The first kappa shape index (κ1) is 23.5. The summed E-state index contributed by atoms with van der Waals surface area (Å²) in [4.78, 5) is 26.7. The number of nitrogens with one attached hydrogen (secondary N) is 1. The zero-order chi connectivity index (χ0) is 23.4. The van der Waals surface area contributed by atoms with Crippen molar-refractivity contribution in [1.82, 2.24) is 15.1 Å². The Bertz CT molecular complexity index is 932. The predicted octanol–water partition coefficient (Wildman–Crippen LogP) is 2.71. The van der Waals surface area contributed by atoms with E-state index in [0.717, 1.165) is 19.3 Å². The van der Waals surface area contributed by atoms with E-state index in [1.165, 1.54) is 17.5 Å². The maximum absolute atomic E-state index is 11.7. The van der Waals surface area contributed by atoms with Crippen molar-refractivity contribution >= 4 is 11.8 Å². The van der Waals surface area contributed by atoms with Crippen LogP contribution in [-0.4, -0.2) is 66.9 Å². The van der Waals surface area contributed by atoms with Crippen LogP contribution in [0.5, 0.6) is 0 Å². The topological polar surface area (TPSA) is 78.7 Å². The van der Waals surface area contributed by atoms with Crippen LogP contribution in [0.1, 0.15) is 48.6 Å². The van der Waals surface area contributed by atoms with Crippen molar-refractivity contribution in [2.75, 3.05) is 27.2 Å². The first-order valence-corrected chi connectivity index (χ1v) is 12.0. The molecule has 4 unspecified atom stereocenters. The van der Waals surface area contributed by atoms with Crippen LogP contribution in [0.3, 0.4) is 0 Å². The summed E-state index contributed by atoms with van der Waals surface area (Å²) in [5, 5.41) is 3.04. The molecule has 176 valence electrons. The summed E-state index contributed by atoms with van der Waals surface area (Å²) in [5.74, 6) is 1.12. The zero-order valence-corrected chi connectivity index (χ0v) is 19.7. The van der Waals surface area contributed by atoms with Crippen molar-refractivity contribution in [2.45, 2.75) is 55.6 Å². The van der Waals surface area contributed by atoms with E-state index in [1.807, 2.05) is 24.1 Å². The standard InChI is InChI=1S/C15H20N2O.C12H16N2O/c1-17(10-15(18)16-12-7-8-12)14-9-13(14)11-5-3-2-4-6-11;1-14(8-12(13)15)11-7-10(11)9-5-3-2-4-6-9/h2-6,12-14H,7-10H2,1H3,(H,16,18);2-6,10-11H,7-8H2,1H3,(H2,13,15). The van der Waals surface area contributed by atoms with Gasteiger partial charge in [-0.3, -0.25) is 19.4 Å². The molecule has 2 aromatic rings. The molecule has 2 amide bonds. The predicted molar refractivity (Wildman–Crippen MR) is 131 cm³/mol. The summed E-state index contributed by atoms with van der Waals surface area (Å²) in [7, 11) is 4.01. The molecule has 6 nitrogen and oxygen atoms in total. The molecule has 4 atom stereocenters. The molecule has 0 spiro atoms. The number of nitrogens with two attached hydrogens (primary N) is 1. The number of benzene rings is 2. The third-order valence-electron chi connectivity index (χ3n) is 6.84. The summed E-state index contributed by atoms with van der Waals surface area (Å²) in [6.07, 6.45) is 4.63. The number of rotatable bonds is 9. The van der Waals surface area contributed by atoms with Gasteiger partial charge in [0.15, 0.2) is 0 Å². The number of carbonyl (C=O) groups excluding carboxylic acids is 2. The minimum Gasteiger partial charge on any atom is -0.369 e. The minimum atomic E-state index is -0.254. The molecule has 0 aromatic heterocycles. The lowest BCUT2D eigenvalue weighted by atomic mass is 10.1. The molecule has 0 radical (unpaired) electrons. The van der Waals surface area contributed by atoms with Crippen LogP contribution in [0.2, 0.25) is 0 Å². The minimum absolute atomic E-state index is 0.179. The van der Waals surface area contributed by atoms with Crippen molar-refractivity contribution in [3.8, 4) is 0 Å². The fourth-order valence-electron chi connectivity index (χ4n) is 4.66. The number of primary amides is 1. The quantitative estimate of drug-likeness (QED) is 0.618. The average molecular weight is 449 g/mol. The van der Waals surface area contributed by atoms with Gasteiger partial charge in [-0.15, -0.1) is 0 Å². The van der Waals surface area contributed by atoms with Crippen molar-refractivity contribution in [2.24, 2.45) is 5.73 Å². The van der Waals surface area contributed by atoms with Gasteiger partial charge >= 0.3 is 0 Å². The van der Waals surface area contributed by atoms with E-state index in [-0.39, 0.29) is 11.8 Å².